The quantitative estimate of drug-likeness (QED) is 0.231. The van der Waals surface area contributed by atoms with E-state index in [-0.39, 0.29) is 18.0 Å². The minimum Gasteiger partial charge on any atom is -0.344 e. The van der Waals surface area contributed by atoms with Crippen LogP contribution in [0.4, 0.5) is 0 Å². The first-order valence-corrected chi connectivity index (χ1v) is 14.7. The third kappa shape index (κ3) is 6.89. The number of amides is 1. The molecule has 4 aromatic carbocycles. The zero-order valence-corrected chi connectivity index (χ0v) is 24.3. The van der Waals surface area contributed by atoms with E-state index in [9.17, 15) is 13.2 Å². The van der Waals surface area contributed by atoms with E-state index in [1.54, 1.807) is 32.0 Å². The second-order valence-corrected chi connectivity index (χ2v) is 12.3. The van der Waals surface area contributed by atoms with Crippen molar-refractivity contribution >= 4 is 39.1 Å². The lowest BCUT2D eigenvalue weighted by Gasteiger charge is -2.26. The van der Waals surface area contributed by atoms with Crippen LogP contribution in [0.3, 0.4) is 0 Å². The Morgan fingerprint density at radius 3 is 1.85 bits per heavy atom. The van der Waals surface area contributed by atoms with Gasteiger partial charge in [0.1, 0.15) is 0 Å². The summed E-state index contributed by atoms with van der Waals surface area (Å²) in [7, 11) is -4.06. The predicted octanol–water partition coefficient (Wildman–Crippen LogP) is 7.02. The number of nitrogens with zero attached hydrogens (tertiary/aromatic N) is 1. The Labute approximate surface area is 240 Å². The van der Waals surface area contributed by atoms with Crippen molar-refractivity contribution in [3.8, 4) is 0 Å². The van der Waals surface area contributed by atoms with E-state index in [1.165, 1.54) is 4.31 Å². The fourth-order valence-corrected chi connectivity index (χ4v) is 6.90. The van der Waals surface area contributed by atoms with Crippen molar-refractivity contribution in [2.75, 3.05) is 6.54 Å². The predicted molar refractivity (Wildman–Crippen MR) is 158 cm³/mol. The molecule has 8 heteroatoms. The second-order valence-electron chi connectivity index (χ2n) is 9.57. The van der Waals surface area contributed by atoms with Gasteiger partial charge in [0.25, 0.3) is 0 Å². The van der Waals surface area contributed by atoms with Gasteiger partial charge in [0, 0.05) is 6.54 Å². The SMILES string of the molecule is Cc1cc(C)c(S(=O)(=O)N(CC(=O)NC(c2ccccc2)c2ccccc2)Cc2ccc(Cl)c(Cl)c2)c(C)c1. The molecule has 4 rings (SSSR count). The summed E-state index contributed by atoms with van der Waals surface area (Å²) in [5, 5.41) is 3.73. The summed E-state index contributed by atoms with van der Waals surface area (Å²) >= 11 is 12.3. The molecule has 0 heterocycles. The Kier molecular flexibility index (Phi) is 9.13. The average molecular weight is 582 g/mol. The largest absolute Gasteiger partial charge is 0.344 e. The van der Waals surface area contributed by atoms with Crippen molar-refractivity contribution in [3.63, 3.8) is 0 Å². The molecule has 5 nitrogen and oxygen atoms in total. The number of hydrogen-bond acceptors (Lipinski definition) is 3. The highest BCUT2D eigenvalue weighted by Crippen LogP contribution is 2.29. The van der Waals surface area contributed by atoms with Gasteiger partial charge in [-0.25, -0.2) is 8.42 Å². The molecule has 0 radical (unpaired) electrons. The molecule has 0 aliphatic heterocycles. The van der Waals surface area contributed by atoms with Crippen molar-refractivity contribution in [1.82, 2.24) is 9.62 Å². The molecule has 0 unspecified atom stereocenters. The number of benzene rings is 4. The standard InChI is InChI=1S/C31H30Cl2N2O3S/c1-21-16-22(2)31(23(3)17-21)39(37,38)35(19-24-14-15-27(32)28(33)18-24)20-29(36)34-30(25-10-6-4-7-11-25)26-12-8-5-9-13-26/h4-18,30H,19-20H2,1-3H3,(H,34,36). The minimum absolute atomic E-state index is 0.0548. The van der Waals surface area contributed by atoms with E-state index in [4.69, 9.17) is 23.2 Å². The molecule has 4 aromatic rings. The van der Waals surface area contributed by atoms with Gasteiger partial charge in [-0.1, -0.05) is 108 Å². The number of sulfonamides is 1. The molecule has 202 valence electrons. The van der Waals surface area contributed by atoms with Gasteiger partial charge in [0.2, 0.25) is 15.9 Å². The maximum Gasteiger partial charge on any atom is 0.244 e. The third-order valence-corrected chi connectivity index (χ3v) is 9.27. The Balaban J connectivity index is 1.70. The Bertz CT molecular complexity index is 1510. The Morgan fingerprint density at radius 1 is 0.795 bits per heavy atom. The van der Waals surface area contributed by atoms with Crippen molar-refractivity contribution in [3.05, 3.63) is 134 Å². The van der Waals surface area contributed by atoms with Gasteiger partial charge >= 0.3 is 0 Å². The summed E-state index contributed by atoms with van der Waals surface area (Å²) in [5.41, 5.74) is 4.61. The van der Waals surface area contributed by atoms with Gasteiger partial charge in [-0.15, -0.1) is 0 Å². The molecule has 0 bridgehead atoms. The highest BCUT2D eigenvalue weighted by Gasteiger charge is 2.31. The summed E-state index contributed by atoms with van der Waals surface area (Å²) < 4.78 is 29.4. The van der Waals surface area contributed by atoms with Crippen molar-refractivity contribution in [1.29, 1.82) is 0 Å². The maximum atomic E-state index is 14.1. The van der Waals surface area contributed by atoms with Crippen LogP contribution in [-0.4, -0.2) is 25.2 Å². The zero-order valence-electron chi connectivity index (χ0n) is 22.0. The summed E-state index contributed by atoms with van der Waals surface area (Å²) in [6.07, 6.45) is 0. The van der Waals surface area contributed by atoms with Crippen LogP contribution in [0.2, 0.25) is 10.0 Å². The smallest absolute Gasteiger partial charge is 0.244 e. The van der Waals surface area contributed by atoms with Crippen molar-refractivity contribution < 1.29 is 13.2 Å². The summed E-state index contributed by atoms with van der Waals surface area (Å²) in [5.74, 6) is -0.432. The van der Waals surface area contributed by atoms with Crippen LogP contribution in [0.15, 0.2) is 95.9 Å². The van der Waals surface area contributed by atoms with Crippen LogP contribution in [0, 0.1) is 20.8 Å². The van der Waals surface area contributed by atoms with Gasteiger partial charge < -0.3 is 5.32 Å². The number of halogens is 2. The molecule has 0 aromatic heterocycles. The summed E-state index contributed by atoms with van der Waals surface area (Å²) in [6.45, 7) is 5.02. The minimum atomic E-state index is -4.06. The van der Waals surface area contributed by atoms with E-state index in [0.717, 1.165) is 16.7 Å². The second kappa shape index (κ2) is 12.3. The molecule has 0 aliphatic rings. The maximum absolute atomic E-state index is 14.1. The van der Waals surface area contributed by atoms with Gasteiger partial charge in [0.15, 0.2) is 0 Å². The van der Waals surface area contributed by atoms with Crippen molar-refractivity contribution in [2.45, 2.75) is 38.3 Å². The number of nitrogens with one attached hydrogen (secondary N) is 1. The highest BCUT2D eigenvalue weighted by molar-refractivity contribution is 7.89. The zero-order chi connectivity index (χ0) is 28.2. The van der Waals surface area contributed by atoms with Crippen LogP contribution >= 0.6 is 23.2 Å². The van der Waals surface area contributed by atoms with E-state index in [2.05, 4.69) is 5.32 Å². The summed E-state index contributed by atoms with van der Waals surface area (Å²) in [4.78, 5) is 13.8. The normalized spacial score (nSPS) is 11.7. The van der Waals surface area contributed by atoms with Gasteiger partial charge in [0.05, 0.1) is 27.5 Å². The fourth-order valence-electron chi connectivity index (χ4n) is 4.79. The lowest BCUT2D eigenvalue weighted by atomic mass is 9.99. The number of aryl methyl sites for hydroxylation is 3. The summed E-state index contributed by atoms with van der Waals surface area (Å²) in [6, 6.07) is 27.3. The van der Waals surface area contributed by atoms with E-state index in [0.29, 0.717) is 26.7 Å². The van der Waals surface area contributed by atoms with E-state index >= 15 is 0 Å². The first-order valence-electron chi connectivity index (χ1n) is 12.5. The molecular weight excluding hydrogens is 551 g/mol. The number of carbonyl (C=O) groups excluding carboxylic acids is 1. The van der Waals surface area contributed by atoms with Crippen LogP contribution in [0.5, 0.6) is 0 Å². The van der Waals surface area contributed by atoms with Crippen LogP contribution in [-0.2, 0) is 21.4 Å². The Hall–Kier alpha value is -3.16. The van der Waals surface area contributed by atoms with E-state index in [1.807, 2.05) is 79.7 Å². The van der Waals surface area contributed by atoms with Crippen LogP contribution in [0.1, 0.15) is 39.4 Å². The fraction of sp³-hybridized carbons (Fsp3) is 0.194. The molecule has 0 aliphatic carbocycles. The molecule has 0 fully saturated rings. The number of rotatable bonds is 9. The number of carbonyl (C=O) groups is 1. The first-order chi connectivity index (χ1) is 18.6. The Morgan fingerprint density at radius 2 is 1.33 bits per heavy atom. The molecule has 1 N–H and O–H groups in total. The monoisotopic (exact) mass is 580 g/mol. The van der Waals surface area contributed by atoms with Gasteiger partial charge in [-0.2, -0.15) is 4.31 Å². The number of hydrogen-bond donors (Lipinski definition) is 1. The molecule has 0 spiro atoms. The molecule has 39 heavy (non-hydrogen) atoms. The van der Waals surface area contributed by atoms with Crippen molar-refractivity contribution in [2.24, 2.45) is 0 Å². The molecule has 0 saturated heterocycles. The van der Waals surface area contributed by atoms with Gasteiger partial charge in [-0.05, 0) is 60.7 Å². The lowest BCUT2D eigenvalue weighted by Crippen LogP contribution is -2.42. The third-order valence-electron chi connectivity index (χ3n) is 6.44. The highest BCUT2D eigenvalue weighted by atomic mass is 35.5. The van der Waals surface area contributed by atoms with Crippen LogP contribution in [0.25, 0.3) is 0 Å². The van der Waals surface area contributed by atoms with E-state index < -0.39 is 22.0 Å². The molecule has 0 saturated carbocycles. The topological polar surface area (TPSA) is 66.5 Å². The van der Waals surface area contributed by atoms with Crippen LogP contribution < -0.4 is 5.32 Å². The molecule has 0 atom stereocenters. The molecule has 1 amide bonds. The first kappa shape index (κ1) is 28.8. The lowest BCUT2D eigenvalue weighted by molar-refractivity contribution is -0.121. The molecular formula is C31H30Cl2N2O3S. The average Bonchev–Trinajstić information content (AvgIpc) is 2.89. The van der Waals surface area contributed by atoms with Gasteiger partial charge in [-0.3, -0.25) is 4.79 Å².